The maximum absolute atomic E-state index is 15.0. The molecule has 0 bridgehead atoms. The van der Waals surface area contributed by atoms with Crippen molar-refractivity contribution in [1.82, 2.24) is 20.2 Å². The molecule has 1 aliphatic rings. The van der Waals surface area contributed by atoms with Gasteiger partial charge in [-0.15, -0.1) is 0 Å². The monoisotopic (exact) mass is 525 g/mol. The van der Waals surface area contributed by atoms with Crippen LogP contribution in [0, 0.1) is 18.7 Å². The first-order valence-electron chi connectivity index (χ1n) is 12.6. The minimum Gasteiger partial charge on any atom is -0.439 e. The topological polar surface area (TPSA) is 114 Å². The number of carbonyl (C=O) groups is 2. The molecule has 0 unspecified atom stereocenters. The van der Waals surface area contributed by atoms with Gasteiger partial charge >= 0.3 is 0 Å². The number of rotatable bonds is 7. The molecule has 2 aromatic heterocycles. The smallest absolute Gasteiger partial charge is 0.253 e. The Bertz CT molecular complexity index is 1560. The van der Waals surface area contributed by atoms with Crippen molar-refractivity contribution in [2.75, 3.05) is 18.8 Å². The molecule has 3 N–H and O–H groups in total. The third-order valence-corrected chi connectivity index (χ3v) is 6.56. The van der Waals surface area contributed by atoms with Crippen LogP contribution in [0.15, 0.2) is 71.4 Å². The number of pyridine rings is 1. The van der Waals surface area contributed by atoms with E-state index in [1.54, 1.807) is 53.7 Å². The maximum atomic E-state index is 15.0. The number of aromatic nitrogens is 2. The number of nitrogen functional groups attached to an aromatic ring is 1. The molecule has 9 heteroatoms. The average molecular weight is 526 g/mol. The highest BCUT2D eigenvalue weighted by atomic mass is 19.1. The molecule has 2 amide bonds. The Labute approximate surface area is 225 Å². The lowest BCUT2D eigenvalue weighted by atomic mass is 9.97. The number of halogens is 1. The fourth-order valence-electron chi connectivity index (χ4n) is 4.43. The standard InChI is InChI=1S/C30H28FN5O3/c1-18-16-36(17-18)30(38)22-6-8-25(26(31)12-22)21-5-7-24(19(2)11-21)29-35-15-23(39-29)14-34-28(37)10-4-20-3-9-27(32)33-13-20/h3-13,15,18H,14,16-17H2,1-2H3,(H2,32,33)(H,34,37)/b10-4+. The van der Waals surface area contributed by atoms with Gasteiger partial charge in [-0.2, -0.15) is 0 Å². The van der Waals surface area contributed by atoms with Crippen molar-refractivity contribution in [2.45, 2.75) is 20.4 Å². The first-order chi connectivity index (χ1) is 18.8. The van der Waals surface area contributed by atoms with Crippen molar-refractivity contribution >= 4 is 23.7 Å². The van der Waals surface area contributed by atoms with Crippen LogP contribution in [0.25, 0.3) is 28.7 Å². The van der Waals surface area contributed by atoms with Crippen LogP contribution < -0.4 is 11.1 Å². The van der Waals surface area contributed by atoms with Crippen LogP contribution in [0.3, 0.4) is 0 Å². The largest absolute Gasteiger partial charge is 0.439 e. The summed E-state index contributed by atoms with van der Waals surface area (Å²) in [4.78, 5) is 34.7. The fraction of sp³-hybridized carbons (Fsp3) is 0.200. The number of hydrogen-bond acceptors (Lipinski definition) is 6. The quantitative estimate of drug-likeness (QED) is 0.333. The molecule has 5 rings (SSSR count). The van der Waals surface area contributed by atoms with Crippen LogP contribution in [0.1, 0.15) is 34.2 Å². The van der Waals surface area contributed by atoms with Crippen LogP contribution in [-0.2, 0) is 11.3 Å². The average Bonchev–Trinajstić information content (AvgIpc) is 3.38. The molecule has 198 valence electrons. The number of anilines is 1. The second-order valence-electron chi connectivity index (χ2n) is 9.74. The lowest BCUT2D eigenvalue weighted by molar-refractivity contribution is -0.116. The molecule has 4 aromatic rings. The van der Waals surface area contributed by atoms with Crippen molar-refractivity contribution in [3.63, 3.8) is 0 Å². The first-order valence-corrected chi connectivity index (χ1v) is 12.6. The molecule has 0 spiro atoms. The summed E-state index contributed by atoms with van der Waals surface area (Å²) >= 11 is 0. The lowest BCUT2D eigenvalue weighted by Gasteiger charge is -2.37. The van der Waals surface area contributed by atoms with Crippen molar-refractivity contribution in [2.24, 2.45) is 5.92 Å². The highest BCUT2D eigenvalue weighted by Gasteiger charge is 2.28. The Morgan fingerprint density at radius 3 is 2.59 bits per heavy atom. The zero-order valence-electron chi connectivity index (χ0n) is 21.6. The van der Waals surface area contributed by atoms with E-state index in [0.717, 1.165) is 16.7 Å². The molecular weight excluding hydrogens is 497 g/mol. The Hall–Kier alpha value is -4.79. The van der Waals surface area contributed by atoms with Crippen LogP contribution in [-0.4, -0.2) is 39.8 Å². The summed E-state index contributed by atoms with van der Waals surface area (Å²) in [5.41, 5.74) is 9.38. The second kappa shape index (κ2) is 10.9. The number of amides is 2. The number of aryl methyl sites for hydroxylation is 1. The third-order valence-electron chi connectivity index (χ3n) is 6.56. The summed E-state index contributed by atoms with van der Waals surface area (Å²) in [5, 5.41) is 2.75. The number of benzene rings is 2. The lowest BCUT2D eigenvalue weighted by Crippen LogP contribution is -2.48. The van der Waals surface area contributed by atoms with E-state index in [1.807, 2.05) is 19.1 Å². The Morgan fingerprint density at radius 1 is 1.10 bits per heavy atom. The highest BCUT2D eigenvalue weighted by Crippen LogP contribution is 2.30. The van der Waals surface area contributed by atoms with E-state index in [-0.39, 0.29) is 18.4 Å². The Morgan fingerprint density at radius 2 is 1.90 bits per heavy atom. The summed E-state index contributed by atoms with van der Waals surface area (Å²) in [6.07, 6.45) is 6.18. The molecule has 0 radical (unpaired) electrons. The predicted octanol–water partition coefficient (Wildman–Crippen LogP) is 4.85. The maximum Gasteiger partial charge on any atom is 0.253 e. The van der Waals surface area contributed by atoms with Gasteiger partial charge in [-0.05, 0) is 65.9 Å². The van der Waals surface area contributed by atoms with Crippen molar-refractivity contribution in [3.05, 3.63) is 95.3 Å². The summed E-state index contributed by atoms with van der Waals surface area (Å²) in [6.45, 7) is 5.55. The number of nitrogens with zero attached hydrogens (tertiary/aromatic N) is 3. The van der Waals surface area contributed by atoms with Gasteiger partial charge in [-0.25, -0.2) is 14.4 Å². The van der Waals surface area contributed by atoms with E-state index in [1.165, 1.54) is 12.1 Å². The van der Waals surface area contributed by atoms with Crippen molar-refractivity contribution in [1.29, 1.82) is 0 Å². The van der Waals surface area contributed by atoms with E-state index < -0.39 is 5.82 Å². The summed E-state index contributed by atoms with van der Waals surface area (Å²) in [5.74, 6) is 0.908. The number of nitrogens with one attached hydrogen (secondary N) is 1. The van der Waals surface area contributed by atoms with Crippen molar-refractivity contribution < 1.29 is 18.4 Å². The third kappa shape index (κ3) is 5.87. The van der Waals surface area contributed by atoms with E-state index in [4.69, 9.17) is 10.2 Å². The summed E-state index contributed by atoms with van der Waals surface area (Å²) < 4.78 is 20.8. The van der Waals surface area contributed by atoms with E-state index >= 15 is 0 Å². The van der Waals surface area contributed by atoms with Gasteiger partial charge < -0.3 is 20.4 Å². The van der Waals surface area contributed by atoms with Gasteiger partial charge in [-0.1, -0.05) is 25.1 Å². The zero-order chi connectivity index (χ0) is 27.5. The van der Waals surface area contributed by atoms with E-state index in [2.05, 4.69) is 22.2 Å². The van der Waals surface area contributed by atoms with Gasteiger partial charge in [0.1, 0.15) is 17.4 Å². The second-order valence-corrected chi connectivity index (χ2v) is 9.74. The molecule has 1 fully saturated rings. The minimum atomic E-state index is -0.447. The van der Waals surface area contributed by atoms with Gasteiger partial charge in [0.05, 0.1) is 12.7 Å². The molecule has 1 saturated heterocycles. The minimum absolute atomic E-state index is 0.143. The molecular formula is C30H28FN5O3. The Balaban J connectivity index is 1.23. The van der Waals surface area contributed by atoms with Crippen LogP contribution in [0.4, 0.5) is 10.2 Å². The first kappa shape index (κ1) is 25.8. The van der Waals surface area contributed by atoms with Gasteiger partial charge in [-0.3, -0.25) is 9.59 Å². The van der Waals surface area contributed by atoms with Gasteiger partial charge in [0, 0.05) is 42.1 Å². The molecule has 3 heterocycles. The zero-order valence-corrected chi connectivity index (χ0v) is 21.6. The molecule has 2 aromatic carbocycles. The fourth-order valence-corrected chi connectivity index (χ4v) is 4.43. The number of oxazole rings is 1. The molecule has 0 aliphatic carbocycles. The highest BCUT2D eigenvalue weighted by molar-refractivity contribution is 5.95. The number of hydrogen-bond donors (Lipinski definition) is 2. The summed E-state index contributed by atoms with van der Waals surface area (Å²) in [7, 11) is 0. The van der Waals surface area contributed by atoms with E-state index in [9.17, 15) is 14.0 Å². The van der Waals surface area contributed by atoms with Gasteiger partial charge in [0.25, 0.3) is 5.91 Å². The number of likely N-dealkylation sites (tertiary alicyclic amines) is 1. The normalized spacial score (nSPS) is 13.5. The molecule has 0 saturated carbocycles. The number of carbonyl (C=O) groups excluding carboxylic acids is 2. The molecule has 1 aliphatic heterocycles. The summed E-state index contributed by atoms with van der Waals surface area (Å²) in [6, 6.07) is 13.5. The Kier molecular flexibility index (Phi) is 7.23. The van der Waals surface area contributed by atoms with Crippen LogP contribution in [0.5, 0.6) is 0 Å². The molecule has 8 nitrogen and oxygen atoms in total. The van der Waals surface area contributed by atoms with Gasteiger partial charge in [0.2, 0.25) is 11.8 Å². The van der Waals surface area contributed by atoms with Crippen LogP contribution in [0.2, 0.25) is 0 Å². The predicted molar refractivity (Wildman–Crippen MR) is 147 cm³/mol. The van der Waals surface area contributed by atoms with Crippen molar-refractivity contribution in [3.8, 4) is 22.6 Å². The molecule has 0 atom stereocenters. The van der Waals surface area contributed by atoms with Gasteiger partial charge in [0.15, 0.2) is 0 Å². The molecule has 39 heavy (non-hydrogen) atoms. The van der Waals surface area contributed by atoms with E-state index in [0.29, 0.717) is 53.2 Å². The van der Waals surface area contributed by atoms with Crippen LogP contribution >= 0.6 is 0 Å². The number of nitrogens with two attached hydrogens (primary N) is 1. The SMILES string of the molecule is Cc1cc(-c2ccc(C(=O)N3CC(C)C3)cc2F)ccc1-c1ncc(CNC(=O)/C=C/c2ccc(N)nc2)o1.